The lowest BCUT2D eigenvalue weighted by Gasteiger charge is -2.07. The first-order chi connectivity index (χ1) is 5.68. The van der Waals surface area contributed by atoms with Gasteiger partial charge in [-0.05, 0) is 18.6 Å². The van der Waals surface area contributed by atoms with Crippen molar-refractivity contribution in [3.05, 3.63) is 23.2 Å². The average molecular weight is 163 g/mol. The Hall–Kier alpha value is -1.23. The molecule has 0 aromatic rings. The van der Waals surface area contributed by atoms with Gasteiger partial charge in [0.2, 0.25) is 5.90 Å². The molecule has 1 rings (SSSR count). The smallest absolute Gasteiger partial charge is 0.222 e. The molecule has 64 valence electrons. The molecule has 0 bridgehead atoms. The molecule has 0 aromatic heterocycles. The van der Waals surface area contributed by atoms with E-state index in [9.17, 15) is 0 Å². The van der Waals surface area contributed by atoms with Gasteiger partial charge in [-0.25, -0.2) is 4.99 Å². The number of ether oxygens (including phenoxy) is 1. The predicted molar refractivity (Wildman–Crippen MR) is 49.0 cm³/mol. The predicted octanol–water partition coefficient (Wildman–Crippen LogP) is 2.29. The van der Waals surface area contributed by atoms with Gasteiger partial charge in [0, 0.05) is 0 Å². The third-order valence-corrected chi connectivity index (χ3v) is 1.29. The molecule has 0 unspecified atom stereocenters. The first-order valence-corrected chi connectivity index (χ1v) is 4.08. The van der Waals surface area contributed by atoms with E-state index < -0.39 is 0 Å². The van der Waals surface area contributed by atoms with E-state index in [4.69, 9.17) is 4.74 Å². The Balaban J connectivity index is 2.48. The minimum Gasteiger partial charge on any atom is -0.477 e. The van der Waals surface area contributed by atoms with E-state index in [1.165, 1.54) is 0 Å². The molecule has 1 aliphatic heterocycles. The minimum atomic E-state index is 0.524. The molecule has 0 radical (unpaired) electrons. The topological polar surface area (TPSA) is 21.6 Å². The van der Waals surface area contributed by atoms with Crippen LogP contribution in [0.1, 0.15) is 20.8 Å². The van der Waals surface area contributed by atoms with Crippen LogP contribution in [0.4, 0.5) is 0 Å². The lowest BCUT2D eigenvalue weighted by Crippen LogP contribution is -2.08. The summed E-state index contributed by atoms with van der Waals surface area (Å²) in [6.07, 6.45) is 1.70. The second kappa shape index (κ2) is 3.96. The van der Waals surface area contributed by atoms with Crippen molar-refractivity contribution < 1.29 is 4.74 Å². The van der Waals surface area contributed by atoms with Gasteiger partial charge in [-0.3, -0.25) is 0 Å². The highest BCUT2D eigenvalue weighted by Gasteiger charge is 2.00. The number of allylic oxidation sites excluding steroid dienone is 1. The van der Waals surface area contributed by atoms with Gasteiger partial charge in [0.1, 0.15) is 0 Å². The largest absolute Gasteiger partial charge is 0.477 e. The fourth-order valence-corrected chi connectivity index (χ4v) is 0.754. The summed E-state index contributed by atoms with van der Waals surface area (Å²) in [7, 11) is 0. The molecule has 1 aliphatic rings. The minimum absolute atomic E-state index is 0.524. The van der Waals surface area contributed by atoms with Gasteiger partial charge < -0.3 is 4.74 Å². The molecule has 0 atom stereocenters. The van der Waals surface area contributed by atoms with Crippen LogP contribution in [0.15, 0.2) is 28.2 Å². The Morgan fingerprint density at radius 3 is 2.92 bits per heavy atom. The lowest BCUT2D eigenvalue weighted by molar-refractivity contribution is 0.260. The van der Waals surface area contributed by atoms with Crippen LogP contribution >= 0.6 is 0 Å². The van der Waals surface area contributed by atoms with Gasteiger partial charge in [0.15, 0.2) is 0 Å². The van der Waals surface area contributed by atoms with Crippen molar-refractivity contribution in [2.24, 2.45) is 10.9 Å². The van der Waals surface area contributed by atoms with Gasteiger partial charge in [-0.1, -0.05) is 19.6 Å². The molecule has 1 heterocycles. The number of rotatable bonds is 2. The molecular formula is C10H13NO. The molecule has 12 heavy (non-hydrogen) atoms. The molecule has 2 heteroatoms. The summed E-state index contributed by atoms with van der Waals surface area (Å²) >= 11 is 0. The van der Waals surface area contributed by atoms with Crippen LogP contribution in [0.2, 0.25) is 0 Å². The maximum atomic E-state index is 5.39. The average Bonchev–Trinajstić information content (AvgIpc) is 2.01. The lowest BCUT2D eigenvalue weighted by atomic mass is 10.2. The van der Waals surface area contributed by atoms with Crippen molar-refractivity contribution in [1.29, 1.82) is 0 Å². The van der Waals surface area contributed by atoms with Gasteiger partial charge in [-0.15, -0.1) is 0 Å². The van der Waals surface area contributed by atoms with E-state index >= 15 is 0 Å². The first-order valence-electron chi connectivity index (χ1n) is 4.08. The Morgan fingerprint density at radius 2 is 2.33 bits per heavy atom. The molecule has 0 saturated heterocycles. The fourth-order valence-electron chi connectivity index (χ4n) is 0.754. The van der Waals surface area contributed by atoms with E-state index in [1.807, 2.05) is 6.92 Å². The maximum Gasteiger partial charge on any atom is 0.222 e. The highest BCUT2D eigenvalue weighted by Crippen LogP contribution is 2.01. The molecular weight excluding hydrogens is 150 g/mol. The highest BCUT2D eigenvalue weighted by atomic mass is 16.5. The van der Waals surface area contributed by atoms with Gasteiger partial charge >= 0.3 is 0 Å². The Morgan fingerprint density at radius 1 is 1.58 bits per heavy atom. The number of aliphatic imine (C=N–C) groups is 1. The van der Waals surface area contributed by atoms with Gasteiger partial charge in [0.25, 0.3) is 0 Å². The third kappa shape index (κ3) is 2.79. The molecule has 0 fully saturated rings. The van der Waals surface area contributed by atoms with Crippen molar-refractivity contribution >= 4 is 5.90 Å². The summed E-state index contributed by atoms with van der Waals surface area (Å²) in [4.78, 5) is 4.14. The van der Waals surface area contributed by atoms with Crippen LogP contribution < -0.4 is 0 Å². The van der Waals surface area contributed by atoms with Crippen molar-refractivity contribution in [2.45, 2.75) is 20.8 Å². The van der Waals surface area contributed by atoms with E-state index in [1.54, 1.807) is 6.08 Å². The monoisotopic (exact) mass is 163 g/mol. The molecule has 0 spiro atoms. The number of hydrogen-bond donors (Lipinski definition) is 0. The molecule has 0 saturated carbocycles. The molecule has 0 N–H and O–H groups in total. The first kappa shape index (κ1) is 8.86. The van der Waals surface area contributed by atoms with Crippen LogP contribution in [0.25, 0.3) is 0 Å². The van der Waals surface area contributed by atoms with Crippen molar-refractivity contribution in [3.63, 3.8) is 0 Å². The van der Waals surface area contributed by atoms with E-state index in [0.717, 1.165) is 5.70 Å². The zero-order valence-corrected chi connectivity index (χ0v) is 7.72. The Bertz CT molecular complexity index is 287. The zero-order valence-electron chi connectivity index (χ0n) is 7.72. The fraction of sp³-hybridized carbons (Fsp3) is 0.500. The SMILES string of the molecule is CC1=C=C=CC(OCC(C)C)=N1. The highest BCUT2D eigenvalue weighted by molar-refractivity contribution is 5.88. The summed E-state index contributed by atoms with van der Waals surface area (Å²) < 4.78 is 5.39. The van der Waals surface area contributed by atoms with Crippen molar-refractivity contribution in [3.8, 4) is 0 Å². The summed E-state index contributed by atoms with van der Waals surface area (Å²) in [5, 5.41) is 0. The quantitative estimate of drug-likeness (QED) is 0.572. The van der Waals surface area contributed by atoms with Crippen LogP contribution in [-0.2, 0) is 4.74 Å². The van der Waals surface area contributed by atoms with E-state index in [-0.39, 0.29) is 0 Å². The Kier molecular flexibility index (Phi) is 2.93. The van der Waals surface area contributed by atoms with Gasteiger partial charge in [-0.2, -0.15) is 0 Å². The van der Waals surface area contributed by atoms with E-state index in [0.29, 0.717) is 18.4 Å². The summed E-state index contributed by atoms with van der Waals surface area (Å²) in [5.74, 6) is 1.16. The number of nitrogens with zero attached hydrogens (tertiary/aromatic N) is 1. The van der Waals surface area contributed by atoms with Crippen molar-refractivity contribution in [1.82, 2.24) is 0 Å². The van der Waals surface area contributed by atoms with E-state index in [2.05, 4.69) is 30.3 Å². The van der Waals surface area contributed by atoms with Crippen molar-refractivity contribution in [2.75, 3.05) is 6.61 Å². The van der Waals surface area contributed by atoms with Crippen LogP contribution in [0, 0.1) is 5.92 Å². The van der Waals surface area contributed by atoms with Crippen LogP contribution in [0.3, 0.4) is 0 Å². The van der Waals surface area contributed by atoms with Crippen LogP contribution in [-0.4, -0.2) is 12.5 Å². The normalized spacial score (nSPS) is 14.7. The molecule has 2 nitrogen and oxygen atoms in total. The zero-order chi connectivity index (χ0) is 8.97. The molecule has 0 aromatic carbocycles. The maximum absolute atomic E-state index is 5.39. The summed E-state index contributed by atoms with van der Waals surface area (Å²) in [5.41, 5.74) is 6.50. The summed E-state index contributed by atoms with van der Waals surface area (Å²) in [6.45, 7) is 6.78. The second-order valence-electron chi connectivity index (χ2n) is 3.15. The molecule has 0 aliphatic carbocycles. The Labute approximate surface area is 73.0 Å². The van der Waals surface area contributed by atoms with Gasteiger partial charge in [0.05, 0.1) is 18.4 Å². The van der Waals surface area contributed by atoms with Crippen LogP contribution in [0.5, 0.6) is 0 Å². The second-order valence-corrected chi connectivity index (χ2v) is 3.15. The molecule has 0 amide bonds. The third-order valence-electron chi connectivity index (χ3n) is 1.29. The standard InChI is InChI=1S/C10H13NO/c1-8(2)7-12-10-6-4-5-9(3)11-10/h6,8H,7H2,1-3H3. The summed E-state index contributed by atoms with van der Waals surface area (Å²) in [6, 6.07) is 0. The number of hydrogen-bond acceptors (Lipinski definition) is 2.